The molecule has 1 unspecified atom stereocenters. The average Bonchev–Trinajstić information content (AvgIpc) is 2.78. The Morgan fingerprint density at radius 1 is 1.53 bits per heavy atom. The van der Waals surface area contributed by atoms with Crippen molar-refractivity contribution < 1.29 is 9.72 Å². The van der Waals surface area contributed by atoms with Gasteiger partial charge in [-0.15, -0.1) is 11.8 Å². The van der Waals surface area contributed by atoms with Gasteiger partial charge in [-0.2, -0.15) is 0 Å². The van der Waals surface area contributed by atoms with Crippen LogP contribution in [0.3, 0.4) is 0 Å². The van der Waals surface area contributed by atoms with Gasteiger partial charge in [-0.25, -0.2) is 0 Å². The first-order valence-electron chi connectivity index (χ1n) is 5.10. The van der Waals surface area contributed by atoms with Crippen molar-refractivity contribution in [2.24, 2.45) is 0 Å². The van der Waals surface area contributed by atoms with Gasteiger partial charge in [-0.05, 0) is 6.07 Å². The van der Waals surface area contributed by atoms with Crippen LogP contribution < -0.4 is 10.2 Å². The summed E-state index contributed by atoms with van der Waals surface area (Å²) in [6, 6.07) is 4.43. The molecule has 17 heavy (non-hydrogen) atoms. The largest absolute Gasteiger partial charge is 0.348 e. The van der Waals surface area contributed by atoms with Crippen molar-refractivity contribution in [2.45, 2.75) is 6.04 Å². The van der Waals surface area contributed by atoms with Gasteiger partial charge in [0.15, 0.2) is 0 Å². The normalized spacial score (nSPS) is 21.8. The number of non-ortho nitro benzene ring substituents is 1. The van der Waals surface area contributed by atoms with Gasteiger partial charge >= 0.3 is 0 Å². The van der Waals surface area contributed by atoms with Gasteiger partial charge in [0, 0.05) is 17.9 Å². The number of carbonyl (C=O) groups excluding carboxylic acids is 1. The molecule has 1 amide bonds. The lowest BCUT2D eigenvalue weighted by Crippen LogP contribution is -2.45. The van der Waals surface area contributed by atoms with E-state index in [1.807, 2.05) is 4.90 Å². The van der Waals surface area contributed by atoms with E-state index in [4.69, 9.17) is 0 Å². The zero-order valence-electron chi connectivity index (χ0n) is 8.75. The summed E-state index contributed by atoms with van der Waals surface area (Å²) >= 11 is 1.69. The van der Waals surface area contributed by atoms with Gasteiger partial charge < -0.3 is 10.2 Å². The standard InChI is InChI=1S/C10H9N3O3S/c14-10-9-4-17-5-12(9)8-2-1-6(13(15)16)3-7(8)11-10/h1-3,9H,4-5H2,(H,11,14). The zero-order valence-corrected chi connectivity index (χ0v) is 9.57. The molecule has 1 aromatic rings. The molecule has 0 bridgehead atoms. The first-order valence-corrected chi connectivity index (χ1v) is 6.26. The lowest BCUT2D eigenvalue weighted by Gasteiger charge is -2.31. The van der Waals surface area contributed by atoms with Gasteiger partial charge in [-0.3, -0.25) is 14.9 Å². The highest BCUT2D eigenvalue weighted by Gasteiger charge is 2.37. The number of hydrogen-bond donors (Lipinski definition) is 1. The summed E-state index contributed by atoms with van der Waals surface area (Å²) in [5, 5.41) is 13.4. The van der Waals surface area contributed by atoms with Crippen molar-refractivity contribution in [3.63, 3.8) is 0 Å². The number of anilines is 2. The summed E-state index contributed by atoms with van der Waals surface area (Å²) in [6.45, 7) is 0. The van der Waals surface area contributed by atoms with E-state index in [1.165, 1.54) is 12.1 Å². The number of nitrogens with one attached hydrogen (secondary N) is 1. The molecule has 2 aliphatic rings. The monoisotopic (exact) mass is 251 g/mol. The van der Waals surface area contributed by atoms with Crippen LogP contribution in [-0.2, 0) is 4.79 Å². The van der Waals surface area contributed by atoms with E-state index in [1.54, 1.807) is 17.8 Å². The molecule has 0 spiro atoms. The van der Waals surface area contributed by atoms with Crippen LogP contribution in [0.2, 0.25) is 0 Å². The van der Waals surface area contributed by atoms with Gasteiger partial charge in [0.05, 0.1) is 22.2 Å². The van der Waals surface area contributed by atoms with Crippen LogP contribution in [0.5, 0.6) is 0 Å². The van der Waals surface area contributed by atoms with Crippen LogP contribution in [0.15, 0.2) is 18.2 Å². The highest BCUT2D eigenvalue weighted by atomic mass is 32.2. The second-order valence-corrected chi connectivity index (χ2v) is 4.93. The number of nitrogens with zero attached hydrogens (tertiary/aromatic N) is 2. The van der Waals surface area contributed by atoms with Crippen molar-refractivity contribution in [1.29, 1.82) is 0 Å². The Balaban J connectivity index is 2.07. The minimum atomic E-state index is -0.461. The van der Waals surface area contributed by atoms with E-state index in [2.05, 4.69) is 5.32 Å². The predicted octanol–water partition coefficient (Wildman–Crippen LogP) is 1.43. The van der Waals surface area contributed by atoms with E-state index < -0.39 is 4.92 Å². The Labute approximate surface area is 101 Å². The molecule has 6 nitrogen and oxygen atoms in total. The number of benzene rings is 1. The molecule has 7 heteroatoms. The van der Waals surface area contributed by atoms with Crippen LogP contribution in [0.25, 0.3) is 0 Å². The third kappa shape index (κ3) is 1.54. The number of carbonyl (C=O) groups is 1. The highest BCUT2D eigenvalue weighted by Crippen LogP contribution is 2.39. The number of nitro benzene ring substituents is 1. The molecular formula is C10H9N3O3S. The number of amides is 1. The number of thioether (sulfide) groups is 1. The van der Waals surface area contributed by atoms with Gasteiger partial charge in [0.2, 0.25) is 5.91 Å². The molecule has 1 fully saturated rings. The molecule has 0 saturated carbocycles. The Morgan fingerprint density at radius 2 is 2.35 bits per heavy atom. The summed E-state index contributed by atoms with van der Waals surface area (Å²) in [7, 11) is 0. The summed E-state index contributed by atoms with van der Waals surface area (Å²) in [5.74, 6) is 1.44. The lowest BCUT2D eigenvalue weighted by molar-refractivity contribution is -0.384. The van der Waals surface area contributed by atoms with E-state index in [0.717, 1.165) is 17.3 Å². The summed E-state index contributed by atoms with van der Waals surface area (Å²) in [4.78, 5) is 24.0. The van der Waals surface area contributed by atoms with Crippen LogP contribution >= 0.6 is 11.8 Å². The molecule has 0 aromatic heterocycles. The second-order valence-electron chi connectivity index (χ2n) is 3.93. The SMILES string of the molecule is O=C1Nc2cc([N+](=O)[O-])ccc2N2CSCC12. The third-order valence-corrected chi connectivity index (χ3v) is 3.96. The number of fused-ring (bicyclic) bond motifs is 3. The van der Waals surface area contributed by atoms with Crippen molar-refractivity contribution >= 4 is 34.7 Å². The van der Waals surface area contributed by atoms with Crippen molar-refractivity contribution in [3.8, 4) is 0 Å². The molecular weight excluding hydrogens is 242 g/mol. The van der Waals surface area contributed by atoms with Crippen LogP contribution in [0.1, 0.15) is 0 Å². The molecule has 1 aromatic carbocycles. The van der Waals surface area contributed by atoms with E-state index in [-0.39, 0.29) is 17.6 Å². The molecule has 2 heterocycles. The molecule has 0 radical (unpaired) electrons. The fourth-order valence-corrected chi connectivity index (χ4v) is 3.28. The molecule has 1 atom stereocenters. The smallest absolute Gasteiger partial charge is 0.271 e. The number of nitro groups is 1. The second kappa shape index (κ2) is 3.63. The lowest BCUT2D eigenvalue weighted by atomic mass is 10.1. The minimum Gasteiger partial charge on any atom is -0.348 e. The molecule has 88 valence electrons. The quantitative estimate of drug-likeness (QED) is 0.603. The fourth-order valence-electron chi connectivity index (χ4n) is 2.10. The van der Waals surface area contributed by atoms with Gasteiger partial charge in [0.25, 0.3) is 5.69 Å². The average molecular weight is 251 g/mol. The fraction of sp³-hybridized carbons (Fsp3) is 0.300. The van der Waals surface area contributed by atoms with E-state index in [9.17, 15) is 14.9 Å². The van der Waals surface area contributed by atoms with Crippen LogP contribution in [0, 0.1) is 10.1 Å². The van der Waals surface area contributed by atoms with Crippen molar-refractivity contribution in [2.75, 3.05) is 21.8 Å². The molecule has 2 aliphatic heterocycles. The number of rotatable bonds is 1. The Morgan fingerprint density at radius 3 is 3.12 bits per heavy atom. The highest BCUT2D eigenvalue weighted by molar-refractivity contribution is 7.99. The van der Waals surface area contributed by atoms with Crippen molar-refractivity contribution in [3.05, 3.63) is 28.3 Å². The first kappa shape index (κ1) is 10.4. The maximum atomic E-state index is 11.8. The summed E-state index contributed by atoms with van der Waals surface area (Å²) in [5.41, 5.74) is 1.39. The van der Waals surface area contributed by atoms with Crippen LogP contribution in [-0.4, -0.2) is 28.5 Å². The van der Waals surface area contributed by atoms with Crippen molar-refractivity contribution in [1.82, 2.24) is 0 Å². The topological polar surface area (TPSA) is 75.5 Å². The third-order valence-electron chi connectivity index (χ3n) is 2.94. The molecule has 0 aliphatic carbocycles. The minimum absolute atomic E-state index is 0.00523. The molecule has 3 rings (SSSR count). The summed E-state index contributed by atoms with van der Waals surface area (Å²) < 4.78 is 0. The Hall–Kier alpha value is -1.76. The first-order chi connectivity index (χ1) is 8.16. The maximum Gasteiger partial charge on any atom is 0.271 e. The van der Waals surface area contributed by atoms with E-state index >= 15 is 0 Å². The molecule has 1 saturated heterocycles. The Bertz CT molecular complexity index is 520. The van der Waals surface area contributed by atoms with Gasteiger partial charge in [0.1, 0.15) is 6.04 Å². The zero-order chi connectivity index (χ0) is 12.0. The maximum absolute atomic E-state index is 11.8. The summed E-state index contributed by atoms with van der Waals surface area (Å²) in [6.07, 6.45) is 0. The predicted molar refractivity (Wildman–Crippen MR) is 65.3 cm³/mol. The van der Waals surface area contributed by atoms with Crippen LogP contribution in [0.4, 0.5) is 17.1 Å². The number of hydrogen-bond acceptors (Lipinski definition) is 5. The van der Waals surface area contributed by atoms with Gasteiger partial charge in [-0.1, -0.05) is 0 Å². The van der Waals surface area contributed by atoms with E-state index in [0.29, 0.717) is 5.69 Å². The Kier molecular flexibility index (Phi) is 2.22. The molecule has 1 N–H and O–H groups in total.